The second-order valence-electron chi connectivity index (χ2n) is 4.09. The number of rotatable bonds is 2. The van der Waals surface area contributed by atoms with Gasteiger partial charge >= 0.3 is 6.02 Å². The molecule has 88 valence electrons. The minimum Gasteiger partial charge on any atom is -0.292 e. The van der Waals surface area contributed by atoms with Crippen LogP contribution in [-0.2, 0) is 14.4 Å². The molecule has 6 nitrogen and oxygen atoms in total. The number of imide groups is 1. The van der Waals surface area contributed by atoms with Crippen molar-refractivity contribution in [1.82, 2.24) is 10.4 Å². The van der Waals surface area contributed by atoms with Gasteiger partial charge in [-0.3, -0.25) is 14.4 Å². The summed E-state index contributed by atoms with van der Waals surface area (Å²) < 4.78 is 0. The van der Waals surface area contributed by atoms with Crippen LogP contribution in [0, 0.1) is 0 Å². The molecule has 2 N–H and O–H groups in total. The highest BCUT2D eigenvalue weighted by Gasteiger charge is 2.38. The van der Waals surface area contributed by atoms with Crippen LogP contribution in [0.25, 0.3) is 0 Å². The second kappa shape index (κ2) is 4.11. The molecule has 0 aromatic rings. The zero-order chi connectivity index (χ0) is 11.7. The number of nitrogens with zero attached hydrogens (tertiary/aromatic N) is 1. The lowest BCUT2D eigenvalue weighted by atomic mass is 10.1. The Kier molecular flexibility index (Phi) is 2.80. The van der Waals surface area contributed by atoms with Crippen LogP contribution in [0.5, 0.6) is 0 Å². The first-order valence-corrected chi connectivity index (χ1v) is 5.55. The van der Waals surface area contributed by atoms with Crippen LogP contribution in [-0.4, -0.2) is 35.0 Å². The molecule has 16 heavy (non-hydrogen) atoms. The number of hydroxylamine groups is 2. The van der Waals surface area contributed by atoms with E-state index >= 15 is 0 Å². The predicted molar refractivity (Wildman–Crippen MR) is 54.8 cm³/mol. The van der Waals surface area contributed by atoms with Gasteiger partial charge in [-0.15, -0.1) is 0 Å². The highest BCUT2D eigenvalue weighted by molar-refractivity contribution is 6.01. The number of amides is 2. The van der Waals surface area contributed by atoms with Crippen molar-refractivity contribution in [3.63, 3.8) is 0 Å². The van der Waals surface area contributed by atoms with Gasteiger partial charge in [-0.2, -0.15) is 0 Å². The predicted octanol–water partition coefficient (Wildman–Crippen LogP) is -1.73. The SMILES string of the molecule is CCC1[NH+]=C(ON2C(=O)CCC2=O)NC1C. The van der Waals surface area contributed by atoms with Crippen molar-refractivity contribution in [1.29, 1.82) is 0 Å². The lowest BCUT2D eigenvalue weighted by Crippen LogP contribution is -2.78. The van der Waals surface area contributed by atoms with Gasteiger partial charge in [0, 0.05) is 12.8 Å². The Labute approximate surface area is 93.6 Å². The maximum Gasteiger partial charge on any atom is 0.468 e. The Hall–Kier alpha value is -1.59. The van der Waals surface area contributed by atoms with Gasteiger partial charge in [0.2, 0.25) is 0 Å². The molecule has 1 saturated heterocycles. The fraction of sp³-hybridized carbons (Fsp3) is 0.700. The van der Waals surface area contributed by atoms with Crippen LogP contribution in [0.3, 0.4) is 0 Å². The molecule has 1 fully saturated rings. The first kappa shape index (κ1) is 10.9. The molecule has 6 heteroatoms. The molecule has 2 atom stereocenters. The van der Waals surface area contributed by atoms with Gasteiger partial charge in [0.25, 0.3) is 11.8 Å². The molecular weight excluding hydrogens is 210 g/mol. The van der Waals surface area contributed by atoms with E-state index in [0.29, 0.717) is 6.02 Å². The maximum absolute atomic E-state index is 11.3. The molecule has 0 spiro atoms. The minimum atomic E-state index is -0.284. The van der Waals surface area contributed by atoms with Crippen molar-refractivity contribution in [2.45, 2.75) is 45.2 Å². The number of amidine groups is 1. The number of carbonyl (C=O) groups is 2. The van der Waals surface area contributed by atoms with Crippen molar-refractivity contribution >= 4 is 17.8 Å². The van der Waals surface area contributed by atoms with Gasteiger partial charge in [0.1, 0.15) is 12.1 Å². The zero-order valence-corrected chi connectivity index (χ0v) is 9.45. The van der Waals surface area contributed by atoms with E-state index in [9.17, 15) is 9.59 Å². The number of nitrogens with one attached hydrogen (secondary N) is 2. The first-order valence-electron chi connectivity index (χ1n) is 5.55. The second-order valence-corrected chi connectivity index (χ2v) is 4.09. The monoisotopic (exact) mass is 226 g/mol. The normalized spacial score (nSPS) is 29.4. The van der Waals surface area contributed by atoms with Crippen LogP contribution in [0.2, 0.25) is 0 Å². The van der Waals surface area contributed by atoms with E-state index in [1.807, 2.05) is 6.92 Å². The van der Waals surface area contributed by atoms with Crippen LogP contribution in [0.15, 0.2) is 0 Å². The molecule has 2 unspecified atom stereocenters. The summed E-state index contributed by atoms with van der Waals surface area (Å²) in [6.45, 7) is 4.08. The van der Waals surface area contributed by atoms with Crippen LogP contribution < -0.4 is 10.3 Å². The summed E-state index contributed by atoms with van der Waals surface area (Å²) in [6.07, 6.45) is 1.42. The number of hydrogen-bond acceptors (Lipinski definition) is 4. The molecule has 2 aliphatic rings. The van der Waals surface area contributed by atoms with E-state index in [0.717, 1.165) is 11.5 Å². The Morgan fingerprint density at radius 1 is 1.44 bits per heavy atom. The molecule has 0 bridgehead atoms. The van der Waals surface area contributed by atoms with Crippen molar-refractivity contribution in [2.75, 3.05) is 0 Å². The molecule has 0 aliphatic carbocycles. The Morgan fingerprint density at radius 2 is 2.06 bits per heavy atom. The van der Waals surface area contributed by atoms with E-state index in [1.54, 1.807) is 0 Å². The van der Waals surface area contributed by atoms with E-state index in [-0.39, 0.29) is 36.7 Å². The van der Waals surface area contributed by atoms with E-state index in [1.165, 1.54) is 0 Å². The summed E-state index contributed by atoms with van der Waals surface area (Å²) in [5.41, 5.74) is 0. The minimum absolute atomic E-state index is 0.229. The standard InChI is InChI=1S/C10H15N3O3/c1-3-7-6(2)11-10(12-7)16-13-8(14)4-5-9(13)15/h6-7H,3-5H2,1-2H3,(H,11,12)/p+1. The van der Waals surface area contributed by atoms with E-state index in [4.69, 9.17) is 4.84 Å². The lowest BCUT2D eigenvalue weighted by molar-refractivity contribution is -0.506. The molecule has 2 heterocycles. The molecule has 0 aromatic heterocycles. The summed E-state index contributed by atoms with van der Waals surface area (Å²) in [4.78, 5) is 31.0. The van der Waals surface area contributed by atoms with Crippen molar-refractivity contribution in [3.05, 3.63) is 0 Å². The van der Waals surface area contributed by atoms with E-state index in [2.05, 4.69) is 17.2 Å². The van der Waals surface area contributed by atoms with Gasteiger partial charge in [0.15, 0.2) is 0 Å². The van der Waals surface area contributed by atoms with Gasteiger partial charge in [-0.1, -0.05) is 12.0 Å². The molecular formula is C10H16N3O3+. The summed E-state index contributed by atoms with van der Waals surface area (Å²) in [5, 5.41) is 3.89. The third-order valence-corrected chi connectivity index (χ3v) is 2.91. The van der Waals surface area contributed by atoms with Crippen LogP contribution in [0.1, 0.15) is 33.1 Å². The van der Waals surface area contributed by atoms with Gasteiger partial charge < -0.3 is 0 Å². The lowest BCUT2D eigenvalue weighted by Gasteiger charge is -2.10. The Bertz CT molecular complexity index is 337. The molecule has 0 saturated carbocycles. The van der Waals surface area contributed by atoms with Crippen LogP contribution in [0.4, 0.5) is 0 Å². The summed E-state index contributed by atoms with van der Waals surface area (Å²) in [6, 6.07) is 0.888. The summed E-state index contributed by atoms with van der Waals surface area (Å²) in [7, 11) is 0. The molecule has 0 radical (unpaired) electrons. The summed E-state index contributed by atoms with van der Waals surface area (Å²) >= 11 is 0. The maximum atomic E-state index is 11.3. The topological polar surface area (TPSA) is 72.6 Å². The van der Waals surface area contributed by atoms with Gasteiger partial charge in [-0.05, 0) is 13.3 Å². The zero-order valence-electron chi connectivity index (χ0n) is 9.45. The molecule has 2 aliphatic heterocycles. The highest BCUT2D eigenvalue weighted by atomic mass is 16.7. The Balaban J connectivity index is 2.00. The van der Waals surface area contributed by atoms with Gasteiger partial charge in [0.05, 0.1) is 0 Å². The summed E-state index contributed by atoms with van der Waals surface area (Å²) in [5.74, 6) is -0.567. The Morgan fingerprint density at radius 3 is 2.56 bits per heavy atom. The van der Waals surface area contributed by atoms with Gasteiger partial charge in [-0.25, -0.2) is 10.3 Å². The van der Waals surface area contributed by atoms with Crippen molar-refractivity contribution in [2.24, 2.45) is 0 Å². The first-order chi connectivity index (χ1) is 7.61. The van der Waals surface area contributed by atoms with Crippen LogP contribution >= 0.6 is 0 Å². The largest absolute Gasteiger partial charge is 0.468 e. The highest BCUT2D eigenvalue weighted by Crippen LogP contribution is 2.12. The third kappa shape index (κ3) is 1.87. The molecule has 0 aromatic carbocycles. The van der Waals surface area contributed by atoms with E-state index < -0.39 is 0 Å². The number of hydrogen-bond donors (Lipinski definition) is 2. The smallest absolute Gasteiger partial charge is 0.292 e. The van der Waals surface area contributed by atoms with Crippen molar-refractivity contribution in [3.8, 4) is 0 Å². The average molecular weight is 226 g/mol. The quantitative estimate of drug-likeness (QED) is 0.549. The fourth-order valence-electron chi connectivity index (χ4n) is 1.90. The third-order valence-electron chi connectivity index (χ3n) is 2.91. The van der Waals surface area contributed by atoms with Crippen molar-refractivity contribution < 1.29 is 19.4 Å². The average Bonchev–Trinajstić information content (AvgIpc) is 2.76. The fourth-order valence-corrected chi connectivity index (χ4v) is 1.90. The molecule has 2 rings (SSSR count). The number of carbonyl (C=O) groups excluding carboxylic acids is 2. The molecule has 2 amide bonds.